The van der Waals surface area contributed by atoms with Crippen molar-refractivity contribution < 1.29 is 36.8 Å². The third kappa shape index (κ3) is 9.87. The maximum atomic E-state index is 12.0. The van der Waals surface area contributed by atoms with Crippen LogP contribution in [-0.2, 0) is 4.57 Å². The lowest BCUT2D eigenvalue weighted by atomic mass is 10.3. The second-order valence-electron chi connectivity index (χ2n) is 2.17. The first-order valence-corrected chi connectivity index (χ1v) is 5.10. The number of hydrogen-bond donors (Lipinski definition) is 5. The van der Waals surface area contributed by atoms with Gasteiger partial charge < -0.3 is 14.7 Å². The molecule has 1 rings (SSSR count). The molecule has 0 aliphatic carbocycles. The Hall–Kier alpha value is -1.03. The molecule has 0 radical (unpaired) electrons. The van der Waals surface area contributed by atoms with Crippen molar-refractivity contribution in [2.45, 2.75) is 0 Å². The summed E-state index contributed by atoms with van der Waals surface area (Å²) in [5, 5.41) is 0. The quantitative estimate of drug-likeness (QED) is 0.115. The number of nitrogens with two attached hydrogens (primary N) is 2. The van der Waals surface area contributed by atoms with Gasteiger partial charge in [0.25, 0.3) is 0 Å². The monoisotopic (exact) mass is 280 g/mol. The minimum absolute atomic E-state index is 0.522. The standard InChI is InChI=1S/C6H2F4.H4N2.H3O4P/c7-3-1-2-4(8)6(10)5(3)9;1-2;1-5(2,3)4/h1-2H;1-2H2;(H3,1,2,3,4). The molecule has 0 saturated heterocycles. The molecule has 0 bridgehead atoms. The van der Waals surface area contributed by atoms with Crippen LogP contribution in [0.15, 0.2) is 12.1 Å². The van der Waals surface area contributed by atoms with Crippen molar-refractivity contribution in [3.63, 3.8) is 0 Å². The highest BCUT2D eigenvalue weighted by Crippen LogP contribution is 2.25. The summed E-state index contributed by atoms with van der Waals surface area (Å²) in [6.07, 6.45) is 0. The summed E-state index contributed by atoms with van der Waals surface area (Å²) in [6.45, 7) is 0. The van der Waals surface area contributed by atoms with Gasteiger partial charge in [-0.1, -0.05) is 0 Å². The van der Waals surface area contributed by atoms with Crippen LogP contribution in [0.1, 0.15) is 0 Å². The van der Waals surface area contributed by atoms with Crippen LogP contribution in [0, 0.1) is 23.3 Å². The number of rotatable bonds is 0. The van der Waals surface area contributed by atoms with E-state index in [0.29, 0.717) is 12.1 Å². The van der Waals surface area contributed by atoms with Crippen LogP contribution in [0.4, 0.5) is 17.6 Å². The molecule has 0 fully saturated rings. The molecule has 1 aromatic rings. The minimum atomic E-state index is -4.64. The van der Waals surface area contributed by atoms with Crippen LogP contribution in [0.3, 0.4) is 0 Å². The first kappa shape index (κ1) is 18.3. The Bertz CT molecular complexity index is 365. The van der Waals surface area contributed by atoms with Crippen LogP contribution in [-0.4, -0.2) is 14.7 Å². The second kappa shape index (κ2) is 8.12. The average Bonchev–Trinajstić information content (AvgIpc) is 2.21. The molecule has 0 spiro atoms. The molecule has 0 unspecified atom stereocenters. The molecule has 0 aliphatic heterocycles. The van der Waals surface area contributed by atoms with Crippen LogP contribution in [0.5, 0.6) is 0 Å². The van der Waals surface area contributed by atoms with Crippen LogP contribution in [0.2, 0.25) is 0 Å². The van der Waals surface area contributed by atoms with Crippen molar-refractivity contribution in [1.82, 2.24) is 0 Å². The van der Waals surface area contributed by atoms with Gasteiger partial charge in [-0.15, -0.1) is 0 Å². The Morgan fingerprint density at radius 2 is 1.06 bits per heavy atom. The summed E-state index contributed by atoms with van der Waals surface area (Å²) in [6, 6.07) is 1.04. The molecule has 0 atom stereocenters. The summed E-state index contributed by atoms with van der Waals surface area (Å²) in [5.41, 5.74) is 0. The van der Waals surface area contributed by atoms with E-state index in [0.717, 1.165) is 0 Å². The van der Waals surface area contributed by atoms with Crippen molar-refractivity contribution in [3.05, 3.63) is 35.4 Å². The number of hydrazine groups is 1. The van der Waals surface area contributed by atoms with Gasteiger partial charge in [-0.25, -0.2) is 22.1 Å². The lowest BCUT2D eigenvalue weighted by Gasteiger charge is -1.93. The fourth-order valence-corrected chi connectivity index (χ4v) is 0.502. The molecule has 0 amide bonds. The Labute approximate surface area is 92.7 Å². The molecule has 1 aromatic carbocycles. The largest absolute Gasteiger partial charge is 0.466 e. The van der Waals surface area contributed by atoms with Gasteiger partial charge in [0.15, 0.2) is 23.3 Å². The van der Waals surface area contributed by atoms with E-state index in [1.165, 1.54) is 0 Å². The fraction of sp³-hybridized carbons (Fsp3) is 0. The third-order valence-corrected chi connectivity index (χ3v) is 0.988. The van der Waals surface area contributed by atoms with Crippen LogP contribution < -0.4 is 11.7 Å². The van der Waals surface area contributed by atoms with E-state index in [4.69, 9.17) is 19.2 Å². The van der Waals surface area contributed by atoms with Crippen molar-refractivity contribution in [1.29, 1.82) is 0 Å². The van der Waals surface area contributed by atoms with Crippen molar-refractivity contribution in [2.24, 2.45) is 11.7 Å². The molecular weight excluding hydrogens is 271 g/mol. The molecule has 0 aromatic heterocycles. The van der Waals surface area contributed by atoms with Gasteiger partial charge in [-0.3, -0.25) is 11.7 Å². The predicted molar refractivity (Wildman–Crippen MR) is 48.9 cm³/mol. The topological polar surface area (TPSA) is 130 Å². The molecule has 100 valence electrons. The maximum Gasteiger partial charge on any atom is 0.466 e. The van der Waals surface area contributed by atoms with Crippen LogP contribution >= 0.6 is 7.82 Å². The Kier molecular flexibility index (Phi) is 8.76. The van der Waals surface area contributed by atoms with E-state index in [-0.39, 0.29) is 0 Å². The van der Waals surface area contributed by atoms with E-state index >= 15 is 0 Å². The molecule has 11 heteroatoms. The van der Waals surface area contributed by atoms with Gasteiger partial charge in [0, 0.05) is 0 Å². The van der Waals surface area contributed by atoms with E-state index in [1.54, 1.807) is 0 Å². The number of benzene rings is 1. The SMILES string of the molecule is Fc1ccc(F)c(F)c1F.NN.O=P(O)(O)O. The molecule has 6 nitrogen and oxygen atoms in total. The van der Waals surface area contributed by atoms with E-state index < -0.39 is 31.1 Å². The smallest absolute Gasteiger partial charge is 0.303 e. The number of hydrogen-bond acceptors (Lipinski definition) is 3. The highest BCUT2D eigenvalue weighted by Gasteiger charge is 2.11. The summed E-state index contributed by atoms with van der Waals surface area (Å²) < 4.78 is 56.8. The minimum Gasteiger partial charge on any atom is -0.303 e. The summed E-state index contributed by atoms with van der Waals surface area (Å²) >= 11 is 0. The molecule has 7 N–H and O–H groups in total. The number of halogens is 4. The predicted octanol–water partition coefficient (Wildman–Crippen LogP) is 0.133. The van der Waals surface area contributed by atoms with Gasteiger partial charge >= 0.3 is 7.82 Å². The first-order valence-electron chi connectivity index (χ1n) is 3.53. The molecule has 0 heterocycles. The van der Waals surface area contributed by atoms with Crippen molar-refractivity contribution >= 4 is 7.82 Å². The second-order valence-corrected chi connectivity index (χ2v) is 3.20. The molecule has 17 heavy (non-hydrogen) atoms. The normalized spacial score (nSPS) is 9.71. The van der Waals surface area contributed by atoms with Crippen molar-refractivity contribution in [3.8, 4) is 0 Å². The highest BCUT2D eigenvalue weighted by atomic mass is 31.2. The van der Waals surface area contributed by atoms with Crippen LogP contribution in [0.25, 0.3) is 0 Å². The van der Waals surface area contributed by atoms with Gasteiger partial charge in [0.1, 0.15) is 0 Å². The lowest BCUT2D eigenvalue weighted by molar-refractivity contribution is 0.275. The highest BCUT2D eigenvalue weighted by molar-refractivity contribution is 7.45. The Balaban J connectivity index is 0. The van der Waals surface area contributed by atoms with E-state index in [2.05, 4.69) is 11.7 Å². The number of phosphoric acid groups is 1. The van der Waals surface area contributed by atoms with E-state index in [1.807, 2.05) is 0 Å². The van der Waals surface area contributed by atoms with E-state index in [9.17, 15) is 17.6 Å². The summed E-state index contributed by atoms with van der Waals surface area (Å²) in [7, 11) is -4.64. The van der Waals surface area contributed by atoms with Gasteiger partial charge in [0.2, 0.25) is 0 Å². The van der Waals surface area contributed by atoms with Gasteiger partial charge in [0.05, 0.1) is 0 Å². The maximum absolute atomic E-state index is 12.0. The summed E-state index contributed by atoms with van der Waals surface area (Å²) in [4.78, 5) is 21.6. The average molecular weight is 280 g/mol. The van der Waals surface area contributed by atoms with Gasteiger partial charge in [-0.2, -0.15) is 0 Å². The fourth-order valence-electron chi connectivity index (χ4n) is 0.502. The zero-order valence-electron chi connectivity index (χ0n) is 8.02. The Morgan fingerprint density at radius 1 is 0.882 bits per heavy atom. The Morgan fingerprint density at radius 3 is 1.24 bits per heavy atom. The lowest BCUT2D eigenvalue weighted by Crippen LogP contribution is -2.02. The van der Waals surface area contributed by atoms with Crippen molar-refractivity contribution in [2.75, 3.05) is 0 Å². The first-order chi connectivity index (χ1) is 7.63. The zero-order chi connectivity index (χ0) is 14.2. The van der Waals surface area contributed by atoms with Gasteiger partial charge in [-0.05, 0) is 12.1 Å². The molecule has 0 saturated carbocycles. The third-order valence-electron chi connectivity index (χ3n) is 0.988. The zero-order valence-corrected chi connectivity index (χ0v) is 8.91. The molecule has 0 aliphatic rings. The molecular formula is C6H9F4N2O4P. The summed E-state index contributed by atoms with van der Waals surface area (Å²) in [5.74, 6) is 1.66.